The van der Waals surface area contributed by atoms with Gasteiger partial charge in [-0.15, -0.1) is 0 Å². The van der Waals surface area contributed by atoms with Crippen LogP contribution in [-0.4, -0.2) is 28.2 Å². The van der Waals surface area contributed by atoms with Crippen molar-refractivity contribution in [2.45, 2.75) is 0 Å². The van der Waals surface area contributed by atoms with E-state index >= 15 is 0 Å². The summed E-state index contributed by atoms with van der Waals surface area (Å²) >= 11 is 1.40. The Morgan fingerprint density at radius 3 is 1.95 bits per heavy atom. The van der Waals surface area contributed by atoms with Crippen LogP contribution in [0.1, 0.15) is 20.7 Å². The van der Waals surface area contributed by atoms with Crippen LogP contribution < -0.4 is 10.6 Å². The van der Waals surface area contributed by atoms with E-state index in [1.54, 1.807) is 16.8 Å². The second-order valence-electron chi connectivity index (χ2n) is 4.00. The van der Waals surface area contributed by atoms with E-state index in [2.05, 4.69) is 10.6 Å². The maximum absolute atomic E-state index is 11.7. The zero-order valence-corrected chi connectivity index (χ0v) is 11.3. The van der Waals surface area contributed by atoms with Crippen molar-refractivity contribution >= 4 is 40.7 Å². The van der Waals surface area contributed by atoms with Gasteiger partial charge in [-0.25, -0.2) is 14.4 Å². The molecule has 2 rings (SSSR count). The van der Waals surface area contributed by atoms with E-state index in [1.165, 1.54) is 23.5 Å². The van der Waals surface area contributed by atoms with Crippen LogP contribution in [0.25, 0.3) is 0 Å². The summed E-state index contributed by atoms with van der Waals surface area (Å²) in [6.45, 7) is 0. The van der Waals surface area contributed by atoms with Crippen molar-refractivity contribution in [3.8, 4) is 0 Å². The van der Waals surface area contributed by atoms with Gasteiger partial charge in [-0.3, -0.25) is 0 Å². The maximum Gasteiger partial charge on any atom is 0.335 e. The topological polar surface area (TPSA) is 116 Å². The van der Waals surface area contributed by atoms with Crippen molar-refractivity contribution in [1.82, 2.24) is 0 Å². The Balaban J connectivity index is 2.20. The van der Waals surface area contributed by atoms with Gasteiger partial charge in [-0.2, -0.15) is 11.3 Å². The molecule has 0 spiro atoms. The van der Waals surface area contributed by atoms with Gasteiger partial charge in [0.1, 0.15) is 0 Å². The summed E-state index contributed by atoms with van der Waals surface area (Å²) in [5, 5.41) is 26.3. The van der Waals surface area contributed by atoms with E-state index in [-0.39, 0.29) is 16.8 Å². The van der Waals surface area contributed by atoms with Crippen molar-refractivity contribution in [3.63, 3.8) is 0 Å². The Hall–Kier alpha value is -2.87. The maximum atomic E-state index is 11.7. The molecule has 0 aliphatic carbocycles. The molecule has 0 aliphatic rings. The average molecular weight is 306 g/mol. The predicted octanol–water partition coefficient (Wildman–Crippen LogP) is 2.79. The molecule has 0 radical (unpaired) electrons. The molecular formula is C13H10N2O5S. The second-order valence-corrected chi connectivity index (χ2v) is 4.78. The van der Waals surface area contributed by atoms with Crippen LogP contribution in [0.2, 0.25) is 0 Å². The number of urea groups is 1. The van der Waals surface area contributed by atoms with Gasteiger partial charge in [0.15, 0.2) is 0 Å². The molecule has 7 nitrogen and oxygen atoms in total. The Labute approximate surface area is 122 Å². The normalized spacial score (nSPS) is 9.90. The van der Waals surface area contributed by atoms with Crippen LogP contribution in [-0.2, 0) is 0 Å². The van der Waals surface area contributed by atoms with E-state index in [1.807, 2.05) is 0 Å². The van der Waals surface area contributed by atoms with Crippen molar-refractivity contribution in [1.29, 1.82) is 0 Å². The first kappa shape index (κ1) is 14.5. The largest absolute Gasteiger partial charge is 0.478 e. The molecule has 0 aliphatic heterocycles. The van der Waals surface area contributed by atoms with Crippen molar-refractivity contribution in [2.24, 2.45) is 0 Å². The van der Waals surface area contributed by atoms with Gasteiger partial charge in [-0.05, 0) is 29.6 Å². The molecule has 21 heavy (non-hydrogen) atoms. The van der Waals surface area contributed by atoms with Crippen LogP contribution in [0.15, 0.2) is 35.0 Å². The molecule has 0 unspecified atom stereocenters. The smallest absolute Gasteiger partial charge is 0.335 e. The average Bonchev–Trinajstić information content (AvgIpc) is 2.90. The summed E-state index contributed by atoms with van der Waals surface area (Å²) in [4.78, 5) is 33.6. The molecule has 1 heterocycles. The van der Waals surface area contributed by atoms with E-state index in [4.69, 9.17) is 10.2 Å². The minimum absolute atomic E-state index is 0.0834. The summed E-state index contributed by atoms with van der Waals surface area (Å²) in [7, 11) is 0. The lowest BCUT2D eigenvalue weighted by Crippen LogP contribution is -2.19. The number of hydrogen-bond acceptors (Lipinski definition) is 4. The number of carboxylic acids is 2. The highest BCUT2D eigenvalue weighted by Gasteiger charge is 2.13. The fourth-order valence-electron chi connectivity index (χ4n) is 1.58. The molecular weight excluding hydrogens is 296 g/mol. The highest BCUT2D eigenvalue weighted by molar-refractivity contribution is 7.08. The van der Waals surface area contributed by atoms with Gasteiger partial charge in [0, 0.05) is 11.1 Å². The van der Waals surface area contributed by atoms with Crippen LogP contribution >= 0.6 is 11.3 Å². The van der Waals surface area contributed by atoms with E-state index in [9.17, 15) is 14.4 Å². The molecule has 1 aromatic carbocycles. The lowest BCUT2D eigenvalue weighted by Gasteiger charge is -2.08. The summed E-state index contributed by atoms with van der Waals surface area (Å²) in [6.07, 6.45) is 0. The summed E-state index contributed by atoms with van der Waals surface area (Å²) in [6, 6.07) is 4.49. The number of carboxylic acid groups (broad SMARTS) is 2. The molecule has 108 valence electrons. The Morgan fingerprint density at radius 1 is 0.905 bits per heavy atom. The third-order valence-electron chi connectivity index (χ3n) is 2.46. The van der Waals surface area contributed by atoms with Gasteiger partial charge in [-0.1, -0.05) is 0 Å². The molecule has 8 heteroatoms. The van der Waals surface area contributed by atoms with Crippen molar-refractivity contribution < 1.29 is 24.6 Å². The monoisotopic (exact) mass is 306 g/mol. The number of aromatic carboxylic acids is 2. The van der Waals surface area contributed by atoms with Gasteiger partial charge < -0.3 is 20.8 Å². The van der Waals surface area contributed by atoms with Gasteiger partial charge in [0.2, 0.25) is 0 Å². The van der Waals surface area contributed by atoms with Crippen LogP contribution in [0.3, 0.4) is 0 Å². The first-order chi connectivity index (χ1) is 9.95. The van der Waals surface area contributed by atoms with Crippen LogP contribution in [0.4, 0.5) is 16.2 Å². The number of hydrogen-bond donors (Lipinski definition) is 4. The van der Waals surface area contributed by atoms with E-state index < -0.39 is 18.0 Å². The molecule has 2 amide bonds. The number of carbonyl (C=O) groups is 3. The fraction of sp³-hybridized carbons (Fsp3) is 0. The molecule has 4 N–H and O–H groups in total. The zero-order valence-electron chi connectivity index (χ0n) is 10.5. The SMILES string of the molecule is O=C(Nc1ccsc1)Nc1cc(C(=O)O)cc(C(=O)O)c1. The lowest BCUT2D eigenvalue weighted by molar-refractivity contribution is 0.0696. The van der Waals surface area contributed by atoms with Crippen molar-refractivity contribution in [3.05, 3.63) is 46.2 Å². The predicted molar refractivity (Wildman–Crippen MR) is 77.3 cm³/mol. The quantitative estimate of drug-likeness (QED) is 0.693. The zero-order chi connectivity index (χ0) is 15.4. The number of amides is 2. The van der Waals surface area contributed by atoms with Crippen LogP contribution in [0.5, 0.6) is 0 Å². The highest BCUT2D eigenvalue weighted by Crippen LogP contribution is 2.17. The fourth-order valence-corrected chi connectivity index (χ4v) is 2.16. The standard InChI is InChI=1S/C13H10N2O5S/c16-11(17)7-3-8(12(18)19)5-10(4-7)15-13(20)14-9-1-2-21-6-9/h1-6H,(H,16,17)(H,18,19)(H2,14,15,20). The number of benzene rings is 1. The molecule has 1 aromatic heterocycles. The molecule has 0 bridgehead atoms. The number of nitrogens with one attached hydrogen (secondary N) is 2. The van der Waals surface area contributed by atoms with Gasteiger partial charge in [0.25, 0.3) is 0 Å². The summed E-state index contributed by atoms with van der Waals surface area (Å²) in [5.74, 6) is -2.56. The third kappa shape index (κ3) is 3.80. The molecule has 0 atom stereocenters. The minimum atomic E-state index is -1.28. The first-order valence-corrected chi connectivity index (χ1v) is 6.62. The highest BCUT2D eigenvalue weighted by atomic mass is 32.1. The molecule has 0 fully saturated rings. The minimum Gasteiger partial charge on any atom is -0.478 e. The second kappa shape index (κ2) is 6.06. The molecule has 0 saturated heterocycles. The van der Waals surface area contributed by atoms with Gasteiger partial charge >= 0.3 is 18.0 Å². The van der Waals surface area contributed by atoms with Crippen LogP contribution in [0, 0.1) is 0 Å². The third-order valence-corrected chi connectivity index (χ3v) is 3.15. The number of rotatable bonds is 4. The van der Waals surface area contributed by atoms with Gasteiger partial charge in [0.05, 0.1) is 16.8 Å². The first-order valence-electron chi connectivity index (χ1n) is 5.67. The Kier molecular flexibility index (Phi) is 4.19. The molecule has 0 saturated carbocycles. The van der Waals surface area contributed by atoms with Crippen molar-refractivity contribution in [2.75, 3.05) is 10.6 Å². The lowest BCUT2D eigenvalue weighted by atomic mass is 10.1. The summed E-state index contributed by atoms with van der Waals surface area (Å²) < 4.78 is 0. The Bertz CT molecular complexity index is 664. The Morgan fingerprint density at radius 2 is 1.48 bits per heavy atom. The number of carbonyl (C=O) groups excluding carboxylic acids is 1. The van der Waals surface area contributed by atoms with E-state index in [0.29, 0.717) is 5.69 Å². The number of thiophene rings is 1. The molecule has 2 aromatic rings. The summed E-state index contributed by atoms with van der Waals surface area (Å²) in [5.41, 5.74) is 0.229. The number of anilines is 2. The van der Waals surface area contributed by atoms with E-state index in [0.717, 1.165) is 6.07 Å².